The van der Waals surface area contributed by atoms with Crippen molar-refractivity contribution in [2.45, 2.75) is 31.2 Å². The smallest absolute Gasteiger partial charge is 0.224 e. The van der Waals surface area contributed by atoms with Crippen LogP contribution in [0.15, 0.2) is 24.3 Å². The number of carbonyl (C=O) groups is 1. The highest BCUT2D eigenvalue weighted by Crippen LogP contribution is 2.27. The second kappa shape index (κ2) is 4.84. The number of hydrogen-bond donors (Lipinski definition) is 2. The number of hydrogen-bond acceptors (Lipinski definition) is 2. The van der Waals surface area contributed by atoms with Crippen LogP contribution in [-0.4, -0.2) is 18.0 Å². The molecule has 0 aliphatic heterocycles. The molecular formula is C13H17FN2O. The largest absolute Gasteiger partial charge is 0.354 e. The lowest BCUT2D eigenvalue weighted by Gasteiger charge is -2.38. The molecule has 92 valence electrons. The normalized spacial score (nSPS) is 17.3. The van der Waals surface area contributed by atoms with Crippen LogP contribution in [-0.2, 0) is 11.2 Å². The van der Waals surface area contributed by atoms with Crippen molar-refractivity contribution in [1.29, 1.82) is 0 Å². The summed E-state index contributed by atoms with van der Waals surface area (Å²) >= 11 is 0. The monoisotopic (exact) mass is 236 g/mol. The molecule has 1 aromatic carbocycles. The van der Waals surface area contributed by atoms with Crippen molar-refractivity contribution < 1.29 is 9.18 Å². The van der Waals surface area contributed by atoms with Gasteiger partial charge in [0, 0.05) is 12.1 Å². The molecule has 1 fully saturated rings. The fourth-order valence-corrected chi connectivity index (χ4v) is 1.93. The van der Waals surface area contributed by atoms with E-state index in [0.717, 1.165) is 24.8 Å². The predicted molar refractivity (Wildman–Crippen MR) is 63.9 cm³/mol. The minimum absolute atomic E-state index is 0.0617. The van der Waals surface area contributed by atoms with E-state index in [2.05, 4.69) is 5.32 Å². The van der Waals surface area contributed by atoms with Gasteiger partial charge in [-0.1, -0.05) is 12.1 Å². The van der Waals surface area contributed by atoms with Gasteiger partial charge in [-0.25, -0.2) is 4.39 Å². The summed E-state index contributed by atoms with van der Waals surface area (Å²) in [5.41, 5.74) is 6.61. The highest BCUT2D eigenvalue weighted by molar-refractivity contribution is 5.78. The Kier molecular flexibility index (Phi) is 3.43. The van der Waals surface area contributed by atoms with Gasteiger partial charge in [0.15, 0.2) is 0 Å². The Bertz CT molecular complexity index is 398. The molecule has 0 radical (unpaired) electrons. The van der Waals surface area contributed by atoms with E-state index < -0.39 is 0 Å². The number of benzene rings is 1. The highest BCUT2D eigenvalue weighted by Gasteiger charge is 2.32. The third-order valence-corrected chi connectivity index (χ3v) is 3.26. The van der Waals surface area contributed by atoms with E-state index in [1.54, 1.807) is 12.1 Å². The van der Waals surface area contributed by atoms with Gasteiger partial charge < -0.3 is 11.1 Å². The van der Waals surface area contributed by atoms with Crippen molar-refractivity contribution in [3.63, 3.8) is 0 Å². The first-order valence-corrected chi connectivity index (χ1v) is 5.87. The summed E-state index contributed by atoms with van der Waals surface area (Å²) in [7, 11) is 0. The molecule has 0 bridgehead atoms. The Morgan fingerprint density at radius 2 is 2.00 bits per heavy atom. The molecule has 1 aliphatic rings. The lowest BCUT2D eigenvalue weighted by Crippen LogP contribution is -2.55. The fraction of sp³-hybridized carbons (Fsp3) is 0.462. The molecule has 0 spiro atoms. The third kappa shape index (κ3) is 3.27. The van der Waals surface area contributed by atoms with Crippen molar-refractivity contribution in [2.24, 2.45) is 5.73 Å². The molecule has 17 heavy (non-hydrogen) atoms. The van der Waals surface area contributed by atoms with Crippen LogP contribution in [0.5, 0.6) is 0 Å². The van der Waals surface area contributed by atoms with Gasteiger partial charge in [-0.2, -0.15) is 0 Å². The van der Waals surface area contributed by atoms with Crippen molar-refractivity contribution in [3.8, 4) is 0 Å². The zero-order valence-corrected chi connectivity index (χ0v) is 9.71. The van der Waals surface area contributed by atoms with Gasteiger partial charge in [0.25, 0.3) is 0 Å². The number of amides is 1. The van der Waals surface area contributed by atoms with Gasteiger partial charge in [-0.15, -0.1) is 0 Å². The van der Waals surface area contributed by atoms with E-state index in [-0.39, 0.29) is 23.7 Å². The SMILES string of the molecule is NC1(CNC(=O)Cc2ccc(F)cc2)CCC1. The van der Waals surface area contributed by atoms with Gasteiger partial charge >= 0.3 is 0 Å². The molecule has 4 heteroatoms. The molecule has 1 saturated carbocycles. The summed E-state index contributed by atoms with van der Waals surface area (Å²) in [6.07, 6.45) is 3.37. The summed E-state index contributed by atoms with van der Waals surface area (Å²) in [6.45, 7) is 0.535. The van der Waals surface area contributed by atoms with Crippen LogP contribution >= 0.6 is 0 Å². The maximum atomic E-state index is 12.7. The van der Waals surface area contributed by atoms with E-state index in [1.165, 1.54) is 12.1 Å². The van der Waals surface area contributed by atoms with Crippen molar-refractivity contribution in [1.82, 2.24) is 5.32 Å². The van der Waals surface area contributed by atoms with E-state index >= 15 is 0 Å². The van der Waals surface area contributed by atoms with E-state index in [9.17, 15) is 9.18 Å². The van der Waals surface area contributed by atoms with Crippen LogP contribution in [0, 0.1) is 5.82 Å². The molecule has 0 saturated heterocycles. The summed E-state index contributed by atoms with van der Waals surface area (Å²) in [4.78, 5) is 11.6. The molecule has 1 amide bonds. The minimum atomic E-state index is -0.287. The fourth-order valence-electron chi connectivity index (χ4n) is 1.93. The van der Waals surface area contributed by atoms with Crippen LogP contribution in [0.3, 0.4) is 0 Å². The van der Waals surface area contributed by atoms with Gasteiger partial charge in [0.1, 0.15) is 5.82 Å². The molecule has 0 aromatic heterocycles. The first-order chi connectivity index (χ1) is 8.07. The van der Waals surface area contributed by atoms with Crippen molar-refractivity contribution >= 4 is 5.91 Å². The topological polar surface area (TPSA) is 55.1 Å². The molecule has 0 heterocycles. The lowest BCUT2D eigenvalue weighted by atomic mass is 9.78. The molecule has 1 aromatic rings. The average Bonchev–Trinajstić information content (AvgIpc) is 2.27. The van der Waals surface area contributed by atoms with Crippen LogP contribution in [0.2, 0.25) is 0 Å². The lowest BCUT2D eigenvalue weighted by molar-refractivity contribution is -0.120. The zero-order valence-electron chi connectivity index (χ0n) is 9.71. The third-order valence-electron chi connectivity index (χ3n) is 3.26. The van der Waals surface area contributed by atoms with Crippen LogP contribution in [0.4, 0.5) is 4.39 Å². The van der Waals surface area contributed by atoms with Crippen LogP contribution in [0.1, 0.15) is 24.8 Å². The van der Waals surface area contributed by atoms with Crippen LogP contribution in [0.25, 0.3) is 0 Å². The van der Waals surface area contributed by atoms with E-state index in [0.29, 0.717) is 6.54 Å². The molecule has 3 N–H and O–H groups in total. The quantitative estimate of drug-likeness (QED) is 0.829. The summed E-state index contributed by atoms with van der Waals surface area (Å²) < 4.78 is 12.7. The Hall–Kier alpha value is -1.42. The standard InChI is InChI=1S/C13H17FN2O/c14-11-4-2-10(3-5-11)8-12(17)16-9-13(15)6-1-7-13/h2-5H,1,6-9,15H2,(H,16,17). The predicted octanol–water partition coefficient (Wildman–Crippen LogP) is 1.37. The van der Waals surface area contributed by atoms with Crippen LogP contribution < -0.4 is 11.1 Å². The maximum absolute atomic E-state index is 12.7. The summed E-state index contributed by atoms with van der Waals surface area (Å²) in [5.74, 6) is -0.349. The van der Waals surface area contributed by atoms with Gasteiger partial charge in [0.2, 0.25) is 5.91 Å². The average molecular weight is 236 g/mol. The van der Waals surface area contributed by atoms with Gasteiger partial charge in [0.05, 0.1) is 6.42 Å². The minimum Gasteiger partial charge on any atom is -0.354 e. The van der Waals surface area contributed by atoms with Crippen molar-refractivity contribution in [2.75, 3.05) is 6.54 Å². The highest BCUT2D eigenvalue weighted by atomic mass is 19.1. The first kappa shape index (κ1) is 12.0. The van der Waals surface area contributed by atoms with E-state index in [4.69, 9.17) is 5.73 Å². The van der Waals surface area contributed by atoms with Gasteiger partial charge in [-0.3, -0.25) is 4.79 Å². The number of carbonyl (C=O) groups excluding carboxylic acids is 1. The Morgan fingerprint density at radius 1 is 1.35 bits per heavy atom. The molecule has 0 unspecified atom stereocenters. The number of rotatable bonds is 4. The molecule has 1 aliphatic carbocycles. The number of nitrogens with two attached hydrogens (primary N) is 1. The zero-order chi connectivity index (χ0) is 12.3. The first-order valence-electron chi connectivity index (χ1n) is 5.87. The summed E-state index contributed by atoms with van der Waals surface area (Å²) in [5, 5.41) is 2.83. The Labute approximate surface area is 100 Å². The second-order valence-electron chi connectivity index (χ2n) is 4.80. The van der Waals surface area contributed by atoms with E-state index in [1.807, 2.05) is 0 Å². The molecule has 3 nitrogen and oxygen atoms in total. The summed E-state index contributed by atoms with van der Waals surface area (Å²) in [6, 6.07) is 5.96. The second-order valence-corrected chi connectivity index (χ2v) is 4.80. The molecule has 2 rings (SSSR count). The molecular weight excluding hydrogens is 219 g/mol. The van der Waals surface area contributed by atoms with Gasteiger partial charge in [-0.05, 0) is 37.0 Å². The number of halogens is 1. The Morgan fingerprint density at radius 3 is 2.53 bits per heavy atom. The maximum Gasteiger partial charge on any atom is 0.224 e. The molecule has 0 atom stereocenters. The number of nitrogens with one attached hydrogen (secondary N) is 1. The van der Waals surface area contributed by atoms with Crippen molar-refractivity contribution in [3.05, 3.63) is 35.6 Å². The Balaban J connectivity index is 1.79.